The molecule has 0 radical (unpaired) electrons. The molecule has 4 rings (SSSR count). The first kappa shape index (κ1) is 19.8. The summed E-state index contributed by atoms with van der Waals surface area (Å²) in [6, 6.07) is 5.81. The number of rotatable bonds is 7. The monoisotopic (exact) mass is 396 g/mol. The fourth-order valence-corrected chi connectivity index (χ4v) is 3.61. The third kappa shape index (κ3) is 4.92. The van der Waals surface area contributed by atoms with Crippen molar-refractivity contribution in [2.75, 3.05) is 44.8 Å². The fourth-order valence-electron chi connectivity index (χ4n) is 3.61. The second kappa shape index (κ2) is 8.88. The molecular weight excluding hydrogens is 368 g/mol. The van der Waals surface area contributed by atoms with Gasteiger partial charge in [0.25, 0.3) is 0 Å². The minimum atomic E-state index is 0.0923. The first-order chi connectivity index (χ1) is 14.1. The summed E-state index contributed by atoms with van der Waals surface area (Å²) in [7, 11) is 0. The largest absolute Gasteiger partial charge is 0.492 e. The normalized spacial score (nSPS) is 17.2. The Morgan fingerprint density at radius 2 is 1.93 bits per heavy atom. The summed E-state index contributed by atoms with van der Waals surface area (Å²) < 4.78 is 11.6. The van der Waals surface area contributed by atoms with Gasteiger partial charge in [-0.05, 0) is 44.9 Å². The number of amides is 1. The van der Waals surface area contributed by atoms with Gasteiger partial charge in [0.15, 0.2) is 0 Å². The number of nitrogens with one attached hydrogen (secondary N) is 1. The summed E-state index contributed by atoms with van der Waals surface area (Å²) >= 11 is 0. The molecule has 0 spiro atoms. The van der Waals surface area contributed by atoms with Crippen molar-refractivity contribution < 1.29 is 14.3 Å². The van der Waals surface area contributed by atoms with Gasteiger partial charge in [0.1, 0.15) is 18.7 Å². The predicted octanol–water partition coefficient (Wildman–Crippen LogP) is 2.82. The number of carbonyl (C=O) groups excluding carboxylic acids is 1. The van der Waals surface area contributed by atoms with E-state index in [9.17, 15) is 4.79 Å². The lowest BCUT2D eigenvalue weighted by atomic mass is 10.0. The van der Waals surface area contributed by atoms with E-state index >= 15 is 0 Å². The number of aryl methyl sites for hydroxylation is 2. The Hall–Kier alpha value is -2.51. The molecular formula is C22H28N4O3. The molecule has 2 aliphatic rings. The van der Waals surface area contributed by atoms with E-state index < -0.39 is 0 Å². The number of hydrogen-bond donors (Lipinski definition) is 1. The van der Waals surface area contributed by atoms with Crippen molar-refractivity contribution >= 4 is 11.6 Å². The highest BCUT2D eigenvalue weighted by Crippen LogP contribution is 2.36. The molecule has 29 heavy (non-hydrogen) atoms. The zero-order valence-corrected chi connectivity index (χ0v) is 17.1. The van der Waals surface area contributed by atoms with Crippen LogP contribution in [0.15, 0.2) is 24.5 Å². The maximum Gasteiger partial charge on any atom is 0.227 e. The molecule has 2 heterocycles. The van der Waals surface area contributed by atoms with E-state index in [4.69, 9.17) is 9.47 Å². The van der Waals surface area contributed by atoms with Crippen LogP contribution < -0.4 is 10.1 Å². The standard InChI is InChI=1S/C22H28N4O3/c1-15-21(16(2)24-14-23-15)19-13-18(25-22(27)17-3-4-17)5-6-20(19)29-12-9-26-7-10-28-11-8-26/h5-6,13-14,17H,3-4,7-12H2,1-2H3,(H,25,27). The molecule has 1 aliphatic heterocycles. The SMILES string of the molecule is Cc1ncnc(C)c1-c1cc(NC(=O)C2CC2)ccc1OCCN1CCOCC1. The topological polar surface area (TPSA) is 76.6 Å². The molecule has 1 saturated carbocycles. The summed E-state index contributed by atoms with van der Waals surface area (Å²) in [4.78, 5) is 23.3. The van der Waals surface area contributed by atoms with Gasteiger partial charge in [-0.1, -0.05) is 0 Å². The third-order valence-corrected chi connectivity index (χ3v) is 5.46. The smallest absolute Gasteiger partial charge is 0.227 e. The van der Waals surface area contributed by atoms with Crippen LogP contribution in [0.1, 0.15) is 24.2 Å². The van der Waals surface area contributed by atoms with Gasteiger partial charge in [-0.15, -0.1) is 0 Å². The molecule has 0 bridgehead atoms. The number of morpholine rings is 1. The lowest BCUT2D eigenvalue weighted by Gasteiger charge is -2.26. The second-order valence-electron chi connectivity index (χ2n) is 7.70. The molecule has 2 fully saturated rings. The third-order valence-electron chi connectivity index (χ3n) is 5.46. The Morgan fingerprint density at radius 3 is 2.62 bits per heavy atom. The van der Waals surface area contributed by atoms with Gasteiger partial charge >= 0.3 is 0 Å². The average molecular weight is 396 g/mol. The number of hydrogen-bond acceptors (Lipinski definition) is 6. The summed E-state index contributed by atoms with van der Waals surface area (Å²) in [6.45, 7) is 8.81. The molecule has 1 aromatic heterocycles. The number of nitrogens with zero attached hydrogens (tertiary/aromatic N) is 3. The molecule has 1 saturated heterocycles. The van der Waals surface area contributed by atoms with E-state index in [1.807, 2.05) is 32.0 Å². The first-order valence-corrected chi connectivity index (χ1v) is 10.3. The Labute approximate surface area is 171 Å². The molecule has 2 aromatic rings. The van der Waals surface area contributed by atoms with Crippen LogP contribution >= 0.6 is 0 Å². The van der Waals surface area contributed by atoms with Crippen molar-refractivity contribution in [2.45, 2.75) is 26.7 Å². The summed E-state index contributed by atoms with van der Waals surface area (Å²) in [5.74, 6) is 1.03. The van der Waals surface area contributed by atoms with Crippen molar-refractivity contribution in [1.29, 1.82) is 0 Å². The Kier molecular flexibility index (Phi) is 6.06. The Bertz CT molecular complexity index is 856. The van der Waals surface area contributed by atoms with Crippen LogP contribution in [0.5, 0.6) is 5.75 Å². The van der Waals surface area contributed by atoms with Crippen molar-refractivity contribution in [3.8, 4) is 16.9 Å². The highest BCUT2D eigenvalue weighted by Gasteiger charge is 2.29. The zero-order valence-electron chi connectivity index (χ0n) is 17.1. The predicted molar refractivity (Wildman–Crippen MR) is 111 cm³/mol. The number of benzene rings is 1. The molecule has 0 atom stereocenters. The lowest BCUT2D eigenvalue weighted by Crippen LogP contribution is -2.38. The number of anilines is 1. The second-order valence-corrected chi connectivity index (χ2v) is 7.70. The van der Waals surface area contributed by atoms with Crippen molar-refractivity contribution in [2.24, 2.45) is 5.92 Å². The Morgan fingerprint density at radius 1 is 1.21 bits per heavy atom. The Balaban J connectivity index is 1.56. The van der Waals surface area contributed by atoms with Gasteiger partial charge in [-0.25, -0.2) is 9.97 Å². The maximum atomic E-state index is 12.2. The van der Waals surface area contributed by atoms with Crippen LogP contribution in [0.4, 0.5) is 5.69 Å². The fraction of sp³-hybridized carbons (Fsp3) is 0.500. The van der Waals surface area contributed by atoms with E-state index in [0.717, 1.165) is 79.6 Å². The van der Waals surface area contributed by atoms with E-state index in [1.54, 1.807) is 6.33 Å². The molecule has 1 aliphatic carbocycles. The van der Waals surface area contributed by atoms with Crippen LogP contribution in [0.25, 0.3) is 11.1 Å². The van der Waals surface area contributed by atoms with Gasteiger partial charge in [-0.3, -0.25) is 9.69 Å². The van der Waals surface area contributed by atoms with E-state index in [-0.39, 0.29) is 11.8 Å². The molecule has 1 N–H and O–H groups in total. The van der Waals surface area contributed by atoms with Crippen molar-refractivity contribution in [3.05, 3.63) is 35.9 Å². The number of aromatic nitrogens is 2. The van der Waals surface area contributed by atoms with E-state index in [2.05, 4.69) is 20.2 Å². The molecule has 7 heteroatoms. The van der Waals surface area contributed by atoms with Gasteiger partial charge in [0.05, 0.1) is 13.2 Å². The quantitative estimate of drug-likeness (QED) is 0.776. The van der Waals surface area contributed by atoms with Crippen LogP contribution in [0.2, 0.25) is 0 Å². The molecule has 1 aromatic carbocycles. The molecule has 0 unspecified atom stereocenters. The van der Waals surface area contributed by atoms with Gasteiger partial charge in [-0.2, -0.15) is 0 Å². The molecule has 1 amide bonds. The average Bonchev–Trinajstić information content (AvgIpc) is 3.56. The summed E-state index contributed by atoms with van der Waals surface area (Å²) in [5, 5.41) is 3.03. The minimum Gasteiger partial charge on any atom is -0.492 e. The minimum absolute atomic E-state index is 0.0923. The highest BCUT2D eigenvalue weighted by molar-refractivity contribution is 5.95. The number of ether oxygens (including phenoxy) is 2. The number of carbonyl (C=O) groups is 1. The maximum absolute atomic E-state index is 12.2. The van der Waals surface area contributed by atoms with Crippen molar-refractivity contribution in [3.63, 3.8) is 0 Å². The first-order valence-electron chi connectivity index (χ1n) is 10.3. The molecule has 154 valence electrons. The van der Waals surface area contributed by atoms with Crippen LogP contribution in [-0.4, -0.2) is 60.2 Å². The van der Waals surface area contributed by atoms with Gasteiger partial charge in [0, 0.05) is 53.8 Å². The molecule has 7 nitrogen and oxygen atoms in total. The highest BCUT2D eigenvalue weighted by atomic mass is 16.5. The summed E-state index contributed by atoms with van der Waals surface area (Å²) in [6.07, 6.45) is 3.53. The van der Waals surface area contributed by atoms with Crippen LogP contribution in [0, 0.1) is 19.8 Å². The lowest BCUT2D eigenvalue weighted by molar-refractivity contribution is -0.117. The van der Waals surface area contributed by atoms with Crippen LogP contribution in [0.3, 0.4) is 0 Å². The van der Waals surface area contributed by atoms with Crippen LogP contribution in [-0.2, 0) is 9.53 Å². The van der Waals surface area contributed by atoms with E-state index in [1.165, 1.54) is 0 Å². The van der Waals surface area contributed by atoms with Gasteiger partial charge < -0.3 is 14.8 Å². The van der Waals surface area contributed by atoms with E-state index in [0.29, 0.717) is 6.61 Å². The zero-order chi connectivity index (χ0) is 20.2. The van der Waals surface area contributed by atoms with Gasteiger partial charge in [0.2, 0.25) is 5.91 Å². The summed E-state index contributed by atoms with van der Waals surface area (Å²) in [5.41, 5.74) is 4.43. The van der Waals surface area contributed by atoms with Crippen molar-refractivity contribution in [1.82, 2.24) is 14.9 Å².